The standard InChI is InChI=1S/C12H12F3N3O3/c1-5-4-7-8(16-5)17-11(12(13,14)15)18(9(7)19)6(2)10(20)21-3/h4,6,16H,1-3H3. The van der Waals surface area contributed by atoms with Gasteiger partial charge in [-0.3, -0.25) is 9.36 Å². The molecule has 0 spiro atoms. The number of ether oxygens (including phenoxy) is 1. The van der Waals surface area contributed by atoms with Crippen LogP contribution in [0.15, 0.2) is 10.9 Å². The highest BCUT2D eigenvalue weighted by Gasteiger charge is 2.40. The lowest BCUT2D eigenvalue weighted by molar-refractivity contribution is -0.153. The third kappa shape index (κ3) is 2.50. The predicted octanol–water partition coefficient (Wildman–Crippen LogP) is 1.79. The first-order valence-corrected chi connectivity index (χ1v) is 5.93. The summed E-state index contributed by atoms with van der Waals surface area (Å²) in [6, 6.07) is -0.0584. The molecule has 0 aliphatic rings. The molecule has 1 unspecified atom stereocenters. The van der Waals surface area contributed by atoms with E-state index in [-0.39, 0.29) is 11.0 Å². The minimum absolute atomic E-state index is 0.0174. The Morgan fingerprint density at radius 1 is 1.48 bits per heavy atom. The number of halogens is 3. The molecule has 0 aliphatic heterocycles. The predicted molar refractivity (Wildman–Crippen MR) is 66.8 cm³/mol. The Labute approximate surface area is 116 Å². The molecule has 2 aromatic rings. The summed E-state index contributed by atoms with van der Waals surface area (Å²) in [7, 11) is 1.03. The van der Waals surface area contributed by atoms with Crippen molar-refractivity contribution in [2.45, 2.75) is 26.1 Å². The quantitative estimate of drug-likeness (QED) is 0.858. The van der Waals surface area contributed by atoms with Crippen molar-refractivity contribution in [1.82, 2.24) is 14.5 Å². The number of methoxy groups -OCH3 is 1. The van der Waals surface area contributed by atoms with E-state index < -0.39 is 29.6 Å². The second kappa shape index (κ2) is 4.90. The van der Waals surface area contributed by atoms with E-state index in [4.69, 9.17) is 0 Å². The molecule has 0 aromatic carbocycles. The van der Waals surface area contributed by atoms with Crippen molar-refractivity contribution in [3.63, 3.8) is 0 Å². The lowest BCUT2D eigenvalue weighted by atomic mass is 10.3. The summed E-state index contributed by atoms with van der Waals surface area (Å²) in [6.07, 6.45) is -4.88. The minimum atomic E-state index is -4.88. The lowest BCUT2D eigenvalue weighted by Gasteiger charge is -2.18. The number of carbonyl (C=O) groups excluding carboxylic acids is 1. The number of esters is 1. The van der Waals surface area contributed by atoms with Crippen LogP contribution in [0.5, 0.6) is 0 Å². The van der Waals surface area contributed by atoms with Gasteiger partial charge in [0.1, 0.15) is 11.7 Å². The second-order valence-electron chi connectivity index (χ2n) is 4.52. The van der Waals surface area contributed by atoms with Crippen LogP contribution in [0, 0.1) is 6.92 Å². The smallest absolute Gasteiger partial charge is 0.449 e. The van der Waals surface area contributed by atoms with Crippen molar-refractivity contribution in [2.75, 3.05) is 7.11 Å². The highest BCUT2D eigenvalue weighted by molar-refractivity contribution is 5.77. The molecule has 1 atom stereocenters. The van der Waals surface area contributed by atoms with E-state index in [0.29, 0.717) is 10.3 Å². The number of aryl methyl sites for hydroxylation is 1. The second-order valence-corrected chi connectivity index (χ2v) is 4.52. The van der Waals surface area contributed by atoms with E-state index in [1.807, 2.05) is 0 Å². The lowest BCUT2D eigenvalue weighted by Crippen LogP contribution is -2.35. The summed E-state index contributed by atoms with van der Waals surface area (Å²) < 4.78 is 44.0. The number of nitrogens with zero attached hydrogens (tertiary/aromatic N) is 2. The molecular formula is C12H12F3N3O3. The molecular weight excluding hydrogens is 291 g/mol. The average Bonchev–Trinajstić information content (AvgIpc) is 2.77. The maximum Gasteiger partial charge on any atom is 0.449 e. The van der Waals surface area contributed by atoms with Gasteiger partial charge < -0.3 is 9.72 Å². The number of hydrogen-bond acceptors (Lipinski definition) is 4. The van der Waals surface area contributed by atoms with Crippen molar-refractivity contribution in [3.05, 3.63) is 27.9 Å². The number of hydrogen-bond donors (Lipinski definition) is 1. The maximum absolute atomic E-state index is 13.1. The number of H-pyrrole nitrogens is 1. The summed E-state index contributed by atoms with van der Waals surface area (Å²) in [6.45, 7) is 2.73. The summed E-state index contributed by atoms with van der Waals surface area (Å²) in [5, 5.41) is -0.0174. The van der Waals surface area contributed by atoms with Gasteiger partial charge in [0, 0.05) is 5.69 Å². The minimum Gasteiger partial charge on any atom is -0.467 e. The van der Waals surface area contributed by atoms with E-state index in [2.05, 4.69) is 14.7 Å². The molecule has 114 valence electrons. The molecule has 0 aliphatic carbocycles. The van der Waals surface area contributed by atoms with Crippen LogP contribution in [0.25, 0.3) is 11.0 Å². The van der Waals surface area contributed by atoms with Gasteiger partial charge in [0.05, 0.1) is 12.5 Å². The summed E-state index contributed by atoms with van der Waals surface area (Å²) >= 11 is 0. The van der Waals surface area contributed by atoms with E-state index in [1.165, 1.54) is 6.07 Å². The zero-order chi connectivity index (χ0) is 15.9. The van der Waals surface area contributed by atoms with Crippen molar-refractivity contribution < 1.29 is 22.7 Å². The number of alkyl halides is 3. The summed E-state index contributed by atoms with van der Waals surface area (Å²) in [5.41, 5.74) is -0.626. The molecule has 0 bridgehead atoms. The van der Waals surface area contributed by atoms with E-state index in [1.54, 1.807) is 6.92 Å². The first-order chi connectivity index (χ1) is 9.66. The zero-order valence-corrected chi connectivity index (χ0v) is 11.4. The molecule has 2 heterocycles. The topological polar surface area (TPSA) is 77.0 Å². The summed E-state index contributed by atoms with van der Waals surface area (Å²) in [4.78, 5) is 29.8. The van der Waals surface area contributed by atoms with Crippen LogP contribution in [0.2, 0.25) is 0 Å². The maximum atomic E-state index is 13.1. The fourth-order valence-electron chi connectivity index (χ4n) is 2.05. The van der Waals surface area contributed by atoms with Gasteiger partial charge in [-0.2, -0.15) is 13.2 Å². The van der Waals surface area contributed by atoms with Gasteiger partial charge in [0.2, 0.25) is 5.82 Å². The molecule has 2 rings (SSSR count). The number of carbonyl (C=O) groups is 1. The van der Waals surface area contributed by atoms with Gasteiger partial charge in [-0.05, 0) is 19.9 Å². The first kappa shape index (κ1) is 15.1. The Morgan fingerprint density at radius 2 is 2.10 bits per heavy atom. The molecule has 0 fully saturated rings. The van der Waals surface area contributed by atoms with Crippen LogP contribution in [-0.2, 0) is 15.7 Å². The zero-order valence-electron chi connectivity index (χ0n) is 11.4. The Balaban J connectivity index is 2.85. The normalized spacial score (nSPS) is 13.4. The molecule has 21 heavy (non-hydrogen) atoms. The van der Waals surface area contributed by atoms with Gasteiger partial charge in [0.15, 0.2) is 0 Å². The summed E-state index contributed by atoms with van der Waals surface area (Å²) in [5.74, 6) is -2.41. The number of aromatic nitrogens is 3. The van der Waals surface area contributed by atoms with Crippen molar-refractivity contribution >= 4 is 17.0 Å². The monoisotopic (exact) mass is 303 g/mol. The van der Waals surface area contributed by atoms with Gasteiger partial charge in [-0.25, -0.2) is 9.78 Å². The number of aromatic amines is 1. The largest absolute Gasteiger partial charge is 0.467 e. The highest BCUT2D eigenvalue weighted by Crippen LogP contribution is 2.29. The van der Waals surface area contributed by atoms with Gasteiger partial charge in [-0.1, -0.05) is 0 Å². The molecule has 0 saturated carbocycles. The van der Waals surface area contributed by atoms with Crippen LogP contribution in [0.4, 0.5) is 13.2 Å². The van der Waals surface area contributed by atoms with Crippen LogP contribution >= 0.6 is 0 Å². The molecule has 2 aromatic heterocycles. The van der Waals surface area contributed by atoms with E-state index in [0.717, 1.165) is 14.0 Å². The molecule has 1 N–H and O–H groups in total. The van der Waals surface area contributed by atoms with E-state index >= 15 is 0 Å². The molecule has 6 nitrogen and oxygen atoms in total. The van der Waals surface area contributed by atoms with Crippen LogP contribution < -0.4 is 5.56 Å². The number of rotatable bonds is 2. The van der Waals surface area contributed by atoms with E-state index in [9.17, 15) is 22.8 Å². The van der Waals surface area contributed by atoms with Crippen LogP contribution in [0.1, 0.15) is 24.5 Å². The number of fused-ring (bicyclic) bond motifs is 1. The van der Waals surface area contributed by atoms with Crippen molar-refractivity contribution in [1.29, 1.82) is 0 Å². The van der Waals surface area contributed by atoms with Gasteiger partial charge >= 0.3 is 12.1 Å². The van der Waals surface area contributed by atoms with Gasteiger partial charge in [-0.15, -0.1) is 0 Å². The van der Waals surface area contributed by atoms with Crippen molar-refractivity contribution in [2.24, 2.45) is 0 Å². The molecule has 0 radical (unpaired) electrons. The first-order valence-electron chi connectivity index (χ1n) is 5.93. The van der Waals surface area contributed by atoms with Crippen LogP contribution in [-0.4, -0.2) is 27.6 Å². The SMILES string of the molecule is COC(=O)C(C)n1c(C(F)(F)F)nc2[nH]c(C)cc2c1=O. The average molecular weight is 303 g/mol. The molecule has 0 amide bonds. The van der Waals surface area contributed by atoms with Crippen LogP contribution in [0.3, 0.4) is 0 Å². The fourth-order valence-corrected chi connectivity index (χ4v) is 2.05. The van der Waals surface area contributed by atoms with Crippen molar-refractivity contribution in [3.8, 4) is 0 Å². The molecule has 9 heteroatoms. The Kier molecular flexibility index (Phi) is 3.52. The Bertz CT molecular complexity index is 761. The fraction of sp³-hybridized carbons (Fsp3) is 0.417. The number of nitrogens with one attached hydrogen (secondary N) is 1. The third-order valence-corrected chi connectivity index (χ3v) is 3.01. The van der Waals surface area contributed by atoms with Gasteiger partial charge in [0.25, 0.3) is 5.56 Å². The third-order valence-electron chi connectivity index (χ3n) is 3.01. The Hall–Kier alpha value is -2.32. The highest BCUT2D eigenvalue weighted by atomic mass is 19.4. The Morgan fingerprint density at radius 3 is 2.62 bits per heavy atom. The molecule has 0 saturated heterocycles.